The van der Waals surface area contributed by atoms with Crippen LogP contribution in [0.5, 0.6) is 0 Å². The Morgan fingerprint density at radius 1 is 1.24 bits per heavy atom. The number of carboxylic acid groups (broad SMARTS) is 1. The summed E-state index contributed by atoms with van der Waals surface area (Å²) in [6.07, 6.45) is 0.595. The van der Waals surface area contributed by atoms with E-state index in [0.29, 0.717) is 18.8 Å². The summed E-state index contributed by atoms with van der Waals surface area (Å²) < 4.78 is 0. The van der Waals surface area contributed by atoms with E-state index in [1.807, 2.05) is 38.1 Å². The van der Waals surface area contributed by atoms with Crippen LogP contribution in [0.2, 0.25) is 0 Å². The number of carbonyl (C=O) groups excluding carboxylic acids is 1. The quantitative estimate of drug-likeness (QED) is 0.895. The van der Waals surface area contributed by atoms with Crippen molar-refractivity contribution in [2.75, 3.05) is 13.1 Å². The zero-order valence-electron chi connectivity index (χ0n) is 14.3. The summed E-state index contributed by atoms with van der Waals surface area (Å²) in [6.45, 7) is 4.70. The Kier molecular flexibility index (Phi) is 4.78. The molecular formula is C17H21N5O3. The predicted molar refractivity (Wildman–Crippen MR) is 89.5 cm³/mol. The highest BCUT2D eigenvalue weighted by Crippen LogP contribution is 2.22. The van der Waals surface area contributed by atoms with E-state index in [-0.39, 0.29) is 24.9 Å². The van der Waals surface area contributed by atoms with Gasteiger partial charge in [0.15, 0.2) is 0 Å². The van der Waals surface area contributed by atoms with E-state index in [0.717, 1.165) is 11.1 Å². The number of benzene rings is 1. The average molecular weight is 343 g/mol. The molecule has 1 saturated heterocycles. The van der Waals surface area contributed by atoms with Gasteiger partial charge >= 0.3 is 5.97 Å². The molecule has 0 radical (unpaired) electrons. The van der Waals surface area contributed by atoms with Gasteiger partial charge in [-0.25, -0.2) is 0 Å². The number of piperidine rings is 1. The van der Waals surface area contributed by atoms with Crippen molar-refractivity contribution in [3.05, 3.63) is 29.8 Å². The third-order valence-electron chi connectivity index (χ3n) is 4.40. The molecule has 8 nitrogen and oxygen atoms in total. The van der Waals surface area contributed by atoms with Gasteiger partial charge in [-0.05, 0) is 24.5 Å². The number of carboxylic acids is 1. The van der Waals surface area contributed by atoms with Gasteiger partial charge in [0.05, 0.1) is 5.92 Å². The topological polar surface area (TPSA) is 101 Å². The number of tetrazole rings is 1. The standard InChI is InChI=1S/C17H21N5O3/c1-11-3-5-13(6-4-11)16-18-20-22(19-16)10-15(23)21-8-12(2)7-14(9-21)17(24)25/h3-6,12,14H,7-10H2,1-2H3,(H,24,25). The summed E-state index contributed by atoms with van der Waals surface area (Å²) in [6, 6.07) is 7.73. The van der Waals surface area contributed by atoms with Crippen molar-refractivity contribution in [3.63, 3.8) is 0 Å². The number of amides is 1. The van der Waals surface area contributed by atoms with Gasteiger partial charge in [0.1, 0.15) is 6.54 Å². The molecule has 25 heavy (non-hydrogen) atoms. The van der Waals surface area contributed by atoms with Crippen LogP contribution in [0, 0.1) is 18.8 Å². The summed E-state index contributed by atoms with van der Waals surface area (Å²) >= 11 is 0. The van der Waals surface area contributed by atoms with E-state index in [9.17, 15) is 14.7 Å². The Morgan fingerprint density at radius 2 is 1.96 bits per heavy atom. The molecule has 2 atom stereocenters. The van der Waals surface area contributed by atoms with Crippen molar-refractivity contribution >= 4 is 11.9 Å². The van der Waals surface area contributed by atoms with Crippen LogP contribution in [0.1, 0.15) is 18.9 Å². The average Bonchev–Trinajstić information content (AvgIpc) is 3.03. The van der Waals surface area contributed by atoms with E-state index in [1.165, 1.54) is 4.80 Å². The summed E-state index contributed by atoms with van der Waals surface area (Å²) in [5.41, 5.74) is 1.97. The summed E-state index contributed by atoms with van der Waals surface area (Å²) in [4.78, 5) is 26.6. The number of hydrogen-bond acceptors (Lipinski definition) is 5. The first-order chi connectivity index (χ1) is 11.9. The minimum atomic E-state index is -0.857. The fourth-order valence-corrected chi connectivity index (χ4v) is 3.08. The van der Waals surface area contributed by atoms with Crippen LogP contribution >= 0.6 is 0 Å². The van der Waals surface area contributed by atoms with Crippen molar-refractivity contribution in [1.29, 1.82) is 0 Å². The first-order valence-corrected chi connectivity index (χ1v) is 8.28. The number of rotatable bonds is 4. The lowest BCUT2D eigenvalue weighted by Gasteiger charge is -2.34. The van der Waals surface area contributed by atoms with Gasteiger partial charge in [-0.3, -0.25) is 9.59 Å². The second kappa shape index (κ2) is 7.00. The molecule has 2 heterocycles. The van der Waals surface area contributed by atoms with Gasteiger partial charge in [0.25, 0.3) is 0 Å². The Labute approximate surface area is 145 Å². The molecule has 2 unspecified atom stereocenters. The van der Waals surface area contributed by atoms with Crippen molar-refractivity contribution in [2.45, 2.75) is 26.8 Å². The molecule has 8 heteroatoms. The van der Waals surface area contributed by atoms with Crippen molar-refractivity contribution in [3.8, 4) is 11.4 Å². The van der Waals surface area contributed by atoms with E-state index >= 15 is 0 Å². The highest BCUT2D eigenvalue weighted by atomic mass is 16.4. The third kappa shape index (κ3) is 4.01. The lowest BCUT2D eigenvalue weighted by molar-refractivity contribution is -0.147. The Balaban J connectivity index is 1.67. The lowest BCUT2D eigenvalue weighted by Crippen LogP contribution is -2.46. The van der Waals surface area contributed by atoms with Crippen LogP contribution in [-0.4, -0.2) is 55.2 Å². The van der Waals surface area contributed by atoms with Gasteiger partial charge in [0.2, 0.25) is 11.7 Å². The number of aryl methyl sites for hydroxylation is 1. The van der Waals surface area contributed by atoms with Gasteiger partial charge in [-0.2, -0.15) is 4.80 Å². The summed E-state index contributed by atoms with van der Waals surface area (Å²) in [7, 11) is 0. The molecule has 1 amide bonds. The van der Waals surface area contributed by atoms with E-state index in [1.54, 1.807) is 4.90 Å². The smallest absolute Gasteiger partial charge is 0.308 e. The van der Waals surface area contributed by atoms with Crippen molar-refractivity contribution < 1.29 is 14.7 Å². The maximum absolute atomic E-state index is 12.5. The molecule has 1 N–H and O–H groups in total. The molecule has 0 bridgehead atoms. The molecule has 0 aliphatic carbocycles. The Bertz CT molecular complexity index is 771. The maximum atomic E-state index is 12.5. The number of likely N-dealkylation sites (tertiary alicyclic amines) is 1. The van der Waals surface area contributed by atoms with Gasteiger partial charge in [-0.1, -0.05) is 36.8 Å². The SMILES string of the molecule is Cc1ccc(-c2nnn(CC(=O)N3CC(C)CC(C(=O)O)C3)n2)cc1. The highest BCUT2D eigenvalue weighted by molar-refractivity contribution is 5.77. The molecule has 3 rings (SSSR count). The van der Waals surface area contributed by atoms with Crippen molar-refractivity contribution in [1.82, 2.24) is 25.1 Å². The molecule has 1 aliphatic heterocycles. The normalized spacial score (nSPS) is 20.5. The molecule has 2 aromatic rings. The maximum Gasteiger partial charge on any atom is 0.308 e. The fourth-order valence-electron chi connectivity index (χ4n) is 3.08. The zero-order valence-corrected chi connectivity index (χ0v) is 14.3. The number of aliphatic carboxylic acids is 1. The summed E-state index contributed by atoms with van der Waals surface area (Å²) in [5.74, 6) is -0.941. The number of nitrogens with zero attached hydrogens (tertiary/aromatic N) is 5. The van der Waals surface area contributed by atoms with Crippen LogP contribution < -0.4 is 0 Å². The van der Waals surface area contributed by atoms with Crippen LogP contribution in [-0.2, 0) is 16.1 Å². The van der Waals surface area contributed by atoms with Gasteiger partial charge in [0, 0.05) is 18.7 Å². The highest BCUT2D eigenvalue weighted by Gasteiger charge is 2.32. The minimum Gasteiger partial charge on any atom is -0.481 e. The van der Waals surface area contributed by atoms with Gasteiger partial charge < -0.3 is 10.0 Å². The van der Waals surface area contributed by atoms with Crippen molar-refractivity contribution in [2.24, 2.45) is 11.8 Å². The monoisotopic (exact) mass is 343 g/mol. The van der Waals surface area contributed by atoms with Crippen LogP contribution in [0.3, 0.4) is 0 Å². The zero-order chi connectivity index (χ0) is 18.0. The number of hydrogen-bond donors (Lipinski definition) is 1. The molecule has 1 aromatic carbocycles. The van der Waals surface area contributed by atoms with Gasteiger partial charge in [-0.15, -0.1) is 10.2 Å². The first kappa shape index (κ1) is 17.1. The van der Waals surface area contributed by atoms with E-state index in [4.69, 9.17) is 0 Å². The third-order valence-corrected chi connectivity index (χ3v) is 4.40. The minimum absolute atomic E-state index is 0.0437. The molecule has 1 aliphatic rings. The van der Waals surface area contributed by atoms with E-state index < -0.39 is 11.9 Å². The largest absolute Gasteiger partial charge is 0.481 e. The molecule has 0 spiro atoms. The fraction of sp³-hybridized carbons (Fsp3) is 0.471. The molecule has 1 fully saturated rings. The molecule has 1 aromatic heterocycles. The Hall–Kier alpha value is -2.77. The van der Waals surface area contributed by atoms with Crippen LogP contribution in [0.4, 0.5) is 0 Å². The number of aromatic nitrogens is 4. The predicted octanol–water partition coefficient (Wildman–Crippen LogP) is 1.22. The molecule has 0 saturated carbocycles. The van der Waals surface area contributed by atoms with E-state index in [2.05, 4.69) is 15.4 Å². The summed E-state index contributed by atoms with van der Waals surface area (Å²) in [5, 5.41) is 21.4. The first-order valence-electron chi connectivity index (χ1n) is 8.28. The Morgan fingerprint density at radius 3 is 2.64 bits per heavy atom. The lowest BCUT2D eigenvalue weighted by atomic mass is 9.90. The van der Waals surface area contributed by atoms with Crippen LogP contribution in [0.15, 0.2) is 24.3 Å². The second-order valence-electron chi connectivity index (χ2n) is 6.68. The second-order valence-corrected chi connectivity index (χ2v) is 6.68. The molecule has 132 valence electrons. The number of carbonyl (C=O) groups is 2. The molecular weight excluding hydrogens is 322 g/mol. The van der Waals surface area contributed by atoms with Crippen LogP contribution in [0.25, 0.3) is 11.4 Å².